The second-order valence-corrected chi connectivity index (χ2v) is 7.48. The van der Waals surface area contributed by atoms with E-state index in [1.165, 1.54) is 4.90 Å². The predicted octanol–water partition coefficient (Wildman–Crippen LogP) is 5.32. The Balaban J connectivity index is 1.64. The van der Waals surface area contributed by atoms with Crippen LogP contribution in [0.1, 0.15) is 16.9 Å². The van der Waals surface area contributed by atoms with Gasteiger partial charge in [0.05, 0.1) is 24.9 Å². The number of aromatic nitrogens is 1. The van der Waals surface area contributed by atoms with E-state index in [2.05, 4.69) is 10.3 Å². The average Bonchev–Trinajstić information content (AvgIpc) is 3.22. The van der Waals surface area contributed by atoms with Crippen LogP contribution in [0, 0.1) is 6.92 Å². The highest BCUT2D eigenvalue weighted by atomic mass is 35.5. The highest BCUT2D eigenvalue weighted by Gasteiger charge is 2.18. The van der Waals surface area contributed by atoms with Crippen molar-refractivity contribution >= 4 is 34.2 Å². The maximum absolute atomic E-state index is 13.0. The van der Waals surface area contributed by atoms with E-state index in [1.807, 2.05) is 31.2 Å². The Morgan fingerprint density at radius 1 is 1.10 bits per heavy atom. The van der Waals surface area contributed by atoms with Gasteiger partial charge in [-0.25, -0.2) is 4.79 Å². The van der Waals surface area contributed by atoms with E-state index in [9.17, 15) is 9.59 Å². The molecule has 2 N–H and O–H groups in total. The molecule has 2 aromatic heterocycles. The number of para-hydroxylation sites is 1. The molecule has 0 fully saturated rings. The van der Waals surface area contributed by atoms with Crippen LogP contribution in [0.5, 0.6) is 0 Å². The number of nitrogens with one attached hydrogen (secondary N) is 2. The molecule has 0 aliphatic rings. The Morgan fingerprint density at radius 3 is 2.70 bits per heavy atom. The standard InChI is InChI=1S/C23H20ClN3O3/c1-15-5-2-6-16-11-17(22(28)26-21(15)16)13-27(14-20-9-4-10-30-20)23(29)25-19-8-3-7-18(24)12-19/h2-12H,13-14H2,1H3,(H,25,29)(H,26,28). The zero-order chi connectivity index (χ0) is 21.1. The van der Waals surface area contributed by atoms with E-state index in [-0.39, 0.29) is 24.7 Å². The Hall–Kier alpha value is -3.51. The number of fused-ring (bicyclic) bond motifs is 1. The summed E-state index contributed by atoms with van der Waals surface area (Å²) in [6.45, 7) is 2.27. The number of H-pyrrole nitrogens is 1. The van der Waals surface area contributed by atoms with Gasteiger partial charge in [0.15, 0.2) is 0 Å². The average molecular weight is 422 g/mol. The van der Waals surface area contributed by atoms with E-state index in [4.69, 9.17) is 16.0 Å². The summed E-state index contributed by atoms with van der Waals surface area (Å²) >= 11 is 6.02. The van der Waals surface area contributed by atoms with Gasteiger partial charge in [-0.2, -0.15) is 0 Å². The van der Waals surface area contributed by atoms with Crippen LogP contribution in [0.25, 0.3) is 10.9 Å². The number of aromatic amines is 1. The number of carbonyl (C=O) groups is 1. The number of pyridine rings is 1. The van der Waals surface area contributed by atoms with Crippen molar-refractivity contribution in [1.82, 2.24) is 9.88 Å². The van der Waals surface area contributed by atoms with E-state index in [1.54, 1.807) is 42.7 Å². The Morgan fingerprint density at radius 2 is 1.93 bits per heavy atom. The van der Waals surface area contributed by atoms with Crippen LogP contribution in [0.2, 0.25) is 5.02 Å². The van der Waals surface area contributed by atoms with Gasteiger partial charge in [0.2, 0.25) is 0 Å². The smallest absolute Gasteiger partial charge is 0.322 e. The molecule has 30 heavy (non-hydrogen) atoms. The van der Waals surface area contributed by atoms with E-state index >= 15 is 0 Å². The minimum absolute atomic E-state index is 0.117. The normalized spacial score (nSPS) is 10.9. The van der Waals surface area contributed by atoms with E-state index < -0.39 is 0 Å². The van der Waals surface area contributed by atoms with Gasteiger partial charge in [-0.05, 0) is 54.3 Å². The molecule has 152 valence electrons. The number of rotatable bonds is 5. The summed E-state index contributed by atoms with van der Waals surface area (Å²) in [5.41, 5.74) is 2.62. The summed E-state index contributed by atoms with van der Waals surface area (Å²) in [5, 5.41) is 4.26. The first-order valence-corrected chi connectivity index (χ1v) is 9.83. The molecule has 6 nitrogen and oxygen atoms in total. The van der Waals surface area contributed by atoms with Crippen LogP contribution < -0.4 is 10.9 Å². The molecule has 0 aliphatic heterocycles. The Bertz CT molecular complexity index is 1250. The first kappa shape index (κ1) is 19.8. The van der Waals surface area contributed by atoms with Crippen LogP contribution in [-0.4, -0.2) is 15.9 Å². The zero-order valence-electron chi connectivity index (χ0n) is 16.3. The van der Waals surface area contributed by atoms with Gasteiger partial charge in [-0.15, -0.1) is 0 Å². The summed E-state index contributed by atoms with van der Waals surface area (Å²) in [7, 11) is 0. The van der Waals surface area contributed by atoms with Gasteiger partial charge >= 0.3 is 6.03 Å². The van der Waals surface area contributed by atoms with Crippen molar-refractivity contribution < 1.29 is 9.21 Å². The zero-order valence-corrected chi connectivity index (χ0v) is 17.1. The largest absolute Gasteiger partial charge is 0.467 e. The fraction of sp³-hybridized carbons (Fsp3) is 0.130. The lowest BCUT2D eigenvalue weighted by molar-refractivity contribution is 0.201. The van der Waals surface area contributed by atoms with Crippen molar-refractivity contribution in [3.8, 4) is 0 Å². The van der Waals surface area contributed by atoms with Gasteiger partial charge in [0, 0.05) is 16.3 Å². The molecule has 0 radical (unpaired) electrons. The molecule has 0 saturated heterocycles. The summed E-state index contributed by atoms with van der Waals surface area (Å²) in [6, 6.07) is 17.7. The van der Waals surface area contributed by atoms with Crippen LogP contribution in [0.15, 0.2) is 76.1 Å². The molecule has 2 amide bonds. The topological polar surface area (TPSA) is 78.3 Å². The maximum atomic E-state index is 13.0. The number of benzene rings is 2. The second-order valence-electron chi connectivity index (χ2n) is 7.04. The van der Waals surface area contributed by atoms with Crippen LogP contribution >= 0.6 is 11.6 Å². The van der Waals surface area contributed by atoms with Crippen LogP contribution in [0.3, 0.4) is 0 Å². The van der Waals surface area contributed by atoms with E-state index in [0.717, 1.165) is 16.5 Å². The van der Waals surface area contributed by atoms with Crippen LogP contribution in [-0.2, 0) is 13.1 Å². The third kappa shape index (κ3) is 4.39. The van der Waals surface area contributed by atoms with Crippen molar-refractivity contribution in [2.24, 2.45) is 0 Å². The molecule has 7 heteroatoms. The lowest BCUT2D eigenvalue weighted by atomic mass is 10.1. The number of carbonyl (C=O) groups excluding carboxylic acids is 1. The number of anilines is 1. The molecule has 0 bridgehead atoms. The lowest BCUT2D eigenvalue weighted by Gasteiger charge is -2.22. The second kappa shape index (κ2) is 8.47. The first-order chi connectivity index (χ1) is 14.5. The summed E-state index contributed by atoms with van der Waals surface area (Å²) in [5.74, 6) is 0.615. The fourth-order valence-corrected chi connectivity index (χ4v) is 3.50. The third-order valence-electron chi connectivity index (χ3n) is 4.82. The minimum atomic E-state index is -0.364. The predicted molar refractivity (Wildman–Crippen MR) is 118 cm³/mol. The summed E-state index contributed by atoms with van der Waals surface area (Å²) in [6.07, 6.45) is 1.55. The molecule has 0 atom stereocenters. The maximum Gasteiger partial charge on any atom is 0.322 e. The van der Waals surface area contributed by atoms with Gasteiger partial charge < -0.3 is 19.6 Å². The van der Waals surface area contributed by atoms with Crippen molar-refractivity contribution in [3.05, 3.63) is 99.2 Å². The number of hydrogen-bond acceptors (Lipinski definition) is 3. The molecular formula is C23H20ClN3O3. The van der Waals surface area contributed by atoms with E-state index in [0.29, 0.717) is 22.0 Å². The molecule has 0 saturated carbocycles. The number of halogens is 1. The number of hydrogen-bond donors (Lipinski definition) is 2. The number of furan rings is 1. The fourth-order valence-electron chi connectivity index (χ4n) is 3.31. The Labute approximate surface area is 178 Å². The van der Waals surface area contributed by atoms with Gasteiger partial charge in [0.1, 0.15) is 5.76 Å². The number of nitrogens with zero attached hydrogens (tertiary/aromatic N) is 1. The third-order valence-corrected chi connectivity index (χ3v) is 5.05. The lowest BCUT2D eigenvalue weighted by Crippen LogP contribution is -2.35. The minimum Gasteiger partial charge on any atom is -0.467 e. The highest BCUT2D eigenvalue weighted by Crippen LogP contribution is 2.19. The SMILES string of the molecule is Cc1cccc2cc(CN(Cc3ccco3)C(=O)Nc3cccc(Cl)c3)c(=O)[nH]c12. The molecule has 2 heterocycles. The number of aryl methyl sites for hydroxylation is 1. The van der Waals surface area contributed by atoms with Gasteiger partial charge in [0.25, 0.3) is 5.56 Å². The van der Waals surface area contributed by atoms with Crippen molar-refractivity contribution in [1.29, 1.82) is 0 Å². The summed E-state index contributed by atoms with van der Waals surface area (Å²) in [4.78, 5) is 30.1. The number of amides is 2. The van der Waals surface area contributed by atoms with Gasteiger partial charge in [-0.1, -0.05) is 35.9 Å². The quantitative estimate of drug-likeness (QED) is 0.458. The van der Waals surface area contributed by atoms with Crippen molar-refractivity contribution in [2.75, 3.05) is 5.32 Å². The molecule has 0 spiro atoms. The molecule has 0 aliphatic carbocycles. The van der Waals surface area contributed by atoms with Gasteiger partial charge in [-0.3, -0.25) is 4.79 Å². The highest BCUT2D eigenvalue weighted by molar-refractivity contribution is 6.30. The van der Waals surface area contributed by atoms with Crippen LogP contribution in [0.4, 0.5) is 10.5 Å². The Kier molecular flexibility index (Phi) is 5.59. The molecule has 4 aromatic rings. The molecular weight excluding hydrogens is 402 g/mol. The molecule has 2 aromatic carbocycles. The molecule has 4 rings (SSSR count). The summed E-state index contributed by atoms with van der Waals surface area (Å²) < 4.78 is 5.41. The van der Waals surface area contributed by atoms with Crippen molar-refractivity contribution in [2.45, 2.75) is 20.0 Å². The monoisotopic (exact) mass is 421 g/mol. The number of urea groups is 1. The molecule has 0 unspecified atom stereocenters. The first-order valence-electron chi connectivity index (χ1n) is 9.45. The van der Waals surface area contributed by atoms with Crippen molar-refractivity contribution in [3.63, 3.8) is 0 Å².